The molecule has 6 heteroatoms. The molecule has 0 atom stereocenters. The highest BCUT2D eigenvalue weighted by Gasteiger charge is 2.22. The third kappa shape index (κ3) is 15.7. The summed E-state index contributed by atoms with van der Waals surface area (Å²) in [6.07, 6.45) is 4.23. The minimum atomic E-state index is -4.61. The van der Waals surface area contributed by atoms with Gasteiger partial charge >= 0.3 is 24.3 Å². The molecule has 0 saturated heterocycles. The molecule has 1 aliphatic rings. The molecule has 0 aromatic heterocycles. The summed E-state index contributed by atoms with van der Waals surface area (Å²) in [6.45, 7) is 0. The van der Waals surface area contributed by atoms with Crippen molar-refractivity contribution in [1.29, 1.82) is 0 Å². The minimum Gasteiger partial charge on any atom is -0.368 e. The summed E-state index contributed by atoms with van der Waals surface area (Å²) in [7, 11) is -4.61. The van der Waals surface area contributed by atoms with Crippen LogP contribution in [0.2, 0.25) is 0 Å². The SMILES string of the molecule is C1=[CH][AlH][CH]=C1.O[Si](O)(O)O. The van der Waals surface area contributed by atoms with Crippen LogP contribution in [0.5, 0.6) is 0 Å². The van der Waals surface area contributed by atoms with Crippen molar-refractivity contribution >= 4 is 24.3 Å². The number of hydrogen-bond donors (Lipinski definition) is 4. The molecule has 4 N–H and O–H groups in total. The largest absolute Gasteiger partial charge is 0.668 e. The van der Waals surface area contributed by atoms with Gasteiger partial charge in [0.05, 0.1) is 0 Å². The first kappa shape index (κ1) is 10.1. The van der Waals surface area contributed by atoms with E-state index in [1.807, 2.05) is 0 Å². The number of rotatable bonds is 0. The first-order chi connectivity index (χ1) is 4.50. The Labute approximate surface area is 66.0 Å². The van der Waals surface area contributed by atoms with Crippen LogP contribution in [-0.2, 0) is 0 Å². The van der Waals surface area contributed by atoms with Crippen LogP contribution >= 0.6 is 0 Å². The highest BCUT2D eigenvalue weighted by Crippen LogP contribution is 1.82. The Morgan fingerprint density at radius 2 is 1.20 bits per heavy atom. The van der Waals surface area contributed by atoms with E-state index in [0.29, 0.717) is 0 Å². The van der Waals surface area contributed by atoms with Crippen LogP contribution in [0.1, 0.15) is 0 Å². The summed E-state index contributed by atoms with van der Waals surface area (Å²) < 4.78 is 0. The van der Waals surface area contributed by atoms with E-state index in [-0.39, 0.29) is 15.2 Å². The molecule has 1 rings (SSSR count). The highest BCUT2D eigenvalue weighted by atomic mass is 28.4. The molecule has 0 unspecified atom stereocenters. The molecule has 0 aromatic carbocycles. The molecular weight excluding hydrogens is 167 g/mol. The van der Waals surface area contributed by atoms with Crippen molar-refractivity contribution in [2.24, 2.45) is 0 Å². The highest BCUT2D eigenvalue weighted by molar-refractivity contribution is 6.49. The van der Waals surface area contributed by atoms with E-state index >= 15 is 0 Å². The minimum absolute atomic E-state index is 0.182. The Kier molecular flexibility index (Phi) is 4.85. The molecule has 0 fully saturated rings. The van der Waals surface area contributed by atoms with E-state index in [0.717, 1.165) is 0 Å². The van der Waals surface area contributed by atoms with Crippen molar-refractivity contribution in [3.05, 3.63) is 22.0 Å². The third-order valence-electron chi connectivity index (χ3n) is 0.655. The first-order valence-electron chi connectivity index (χ1n) is 2.71. The lowest BCUT2D eigenvalue weighted by Crippen LogP contribution is -2.33. The normalized spacial score (nSPS) is 14.0. The molecule has 0 bridgehead atoms. The molecule has 4 nitrogen and oxygen atoms in total. The van der Waals surface area contributed by atoms with Gasteiger partial charge in [0.25, 0.3) is 0 Å². The second kappa shape index (κ2) is 4.82. The van der Waals surface area contributed by atoms with Crippen LogP contribution in [-0.4, -0.2) is 43.5 Å². The molecule has 56 valence electrons. The zero-order chi connectivity index (χ0) is 8.04. The van der Waals surface area contributed by atoms with Crippen molar-refractivity contribution in [3.63, 3.8) is 0 Å². The zero-order valence-electron chi connectivity index (χ0n) is 5.31. The predicted octanol–water partition coefficient (Wildman–Crippen LogP) is -2.14. The van der Waals surface area contributed by atoms with Crippen LogP contribution in [0.25, 0.3) is 0 Å². The maximum Gasteiger partial charge on any atom is 0.668 e. The third-order valence-corrected chi connectivity index (χ3v) is 1.74. The Bertz CT molecular complexity index is 123. The quantitative estimate of drug-likeness (QED) is 0.317. The topological polar surface area (TPSA) is 80.9 Å². The zero-order valence-corrected chi connectivity index (χ0v) is 7.72. The molecule has 1 aliphatic heterocycles. The molecule has 0 amide bonds. The standard InChI is InChI=1S/C4H4.Al.H4O4Si.H/c1-3-4-2;;1-5(2,3)4;/h1-4H;;1-4H;. The summed E-state index contributed by atoms with van der Waals surface area (Å²) in [5, 5.41) is 0. The Morgan fingerprint density at radius 3 is 1.30 bits per heavy atom. The van der Waals surface area contributed by atoms with Gasteiger partial charge in [-0.05, 0) is 0 Å². The van der Waals surface area contributed by atoms with Gasteiger partial charge in [0.15, 0.2) is 0 Å². The molecule has 1 heterocycles. The Balaban J connectivity index is 0.000000162. The first-order valence-corrected chi connectivity index (χ1v) is 6.13. The van der Waals surface area contributed by atoms with Crippen molar-refractivity contribution in [3.8, 4) is 0 Å². The molecule has 0 radical (unpaired) electrons. The van der Waals surface area contributed by atoms with Crippen LogP contribution in [0.15, 0.2) is 22.0 Å². The predicted molar refractivity (Wildman–Crippen MR) is 40.1 cm³/mol. The fourth-order valence-electron chi connectivity index (χ4n) is 0.393. The maximum atomic E-state index is 7.33. The van der Waals surface area contributed by atoms with E-state index in [1.54, 1.807) is 0 Å². The van der Waals surface area contributed by atoms with E-state index in [4.69, 9.17) is 19.2 Å². The average molecular weight is 176 g/mol. The average Bonchev–Trinajstić information content (AvgIpc) is 2.07. The molecular formula is C4H9AlO4Si. The van der Waals surface area contributed by atoms with Gasteiger partial charge in [-0.25, -0.2) is 0 Å². The van der Waals surface area contributed by atoms with Gasteiger partial charge in [0.2, 0.25) is 0 Å². The maximum absolute atomic E-state index is 7.33. The Morgan fingerprint density at radius 1 is 0.900 bits per heavy atom. The Hall–Kier alpha value is 0.0694. The summed E-state index contributed by atoms with van der Waals surface area (Å²) in [4.78, 5) is 33.8. The summed E-state index contributed by atoms with van der Waals surface area (Å²) >= 11 is 0.182. The van der Waals surface area contributed by atoms with Crippen molar-refractivity contribution in [2.45, 2.75) is 0 Å². The van der Waals surface area contributed by atoms with E-state index in [2.05, 4.69) is 22.0 Å². The lowest BCUT2D eigenvalue weighted by molar-refractivity contribution is 0.117. The molecule has 0 aliphatic carbocycles. The van der Waals surface area contributed by atoms with Crippen LogP contribution in [0.3, 0.4) is 0 Å². The van der Waals surface area contributed by atoms with E-state index < -0.39 is 9.05 Å². The fourth-order valence-corrected chi connectivity index (χ4v) is 1.18. The van der Waals surface area contributed by atoms with Crippen LogP contribution < -0.4 is 0 Å². The second-order valence-corrected chi connectivity index (χ2v) is 4.31. The molecule has 0 saturated carbocycles. The van der Waals surface area contributed by atoms with Gasteiger partial charge in [0, 0.05) is 0 Å². The van der Waals surface area contributed by atoms with Gasteiger partial charge in [-0.2, -0.15) is 0 Å². The van der Waals surface area contributed by atoms with Crippen molar-refractivity contribution in [2.75, 3.05) is 0 Å². The number of hydrogen-bond acceptors (Lipinski definition) is 4. The van der Waals surface area contributed by atoms with Gasteiger partial charge < -0.3 is 19.2 Å². The molecule has 10 heavy (non-hydrogen) atoms. The van der Waals surface area contributed by atoms with Crippen LogP contribution in [0, 0.1) is 0 Å². The summed E-state index contributed by atoms with van der Waals surface area (Å²) in [5.74, 6) is 0. The van der Waals surface area contributed by atoms with Gasteiger partial charge in [-0.1, -0.05) is 12.2 Å². The van der Waals surface area contributed by atoms with E-state index in [1.165, 1.54) is 0 Å². The molecule has 0 spiro atoms. The van der Waals surface area contributed by atoms with Gasteiger partial charge in [-0.3, -0.25) is 0 Å². The van der Waals surface area contributed by atoms with E-state index in [9.17, 15) is 0 Å². The fraction of sp³-hybridized carbons (Fsp3) is 0. The number of allylic oxidation sites excluding steroid dienone is 2. The second-order valence-electron chi connectivity index (χ2n) is 1.69. The molecule has 0 aromatic rings. The monoisotopic (exact) mass is 176 g/mol. The smallest absolute Gasteiger partial charge is 0.368 e. The van der Waals surface area contributed by atoms with Crippen molar-refractivity contribution in [1.82, 2.24) is 0 Å². The van der Waals surface area contributed by atoms with Crippen LogP contribution in [0.4, 0.5) is 0 Å². The summed E-state index contributed by atoms with van der Waals surface area (Å²) in [6, 6.07) is 0. The van der Waals surface area contributed by atoms with Gasteiger partial charge in [-0.15, -0.1) is 9.88 Å². The van der Waals surface area contributed by atoms with Crippen molar-refractivity contribution < 1.29 is 19.2 Å². The lowest BCUT2D eigenvalue weighted by atomic mass is 10.6. The summed E-state index contributed by atoms with van der Waals surface area (Å²) in [5.41, 5.74) is 0. The lowest BCUT2D eigenvalue weighted by Gasteiger charge is -1.91. The van der Waals surface area contributed by atoms with Gasteiger partial charge in [0.1, 0.15) is 0 Å².